The van der Waals surface area contributed by atoms with Gasteiger partial charge in [-0.05, 0) is 37.8 Å². The van der Waals surface area contributed by atoms with Gasteiger partial charge in [-0.25, -0.2) is 0 Å². The molecule has 116 valence electrons. The van der Waals surface area contributed by atoms with Crippen LogP contribution in [0.15, 0.2) is 35.4 Å². The molecule has 5 heteroatoms. The van der Waals surface area contributed by atoms with Crippen LogP contribution >= 0.6 is 11.8 Å². The molecule has 0 bridgehead atoms. The average molecular weight is 324 g/mol. The van der Waals surface area contributed by atoms with Crippen molar-refractivity contribution in [2.75, 3.05) is 6.54 Å². The van der Waals surface area contributed by atoms with Gasteiger partial charge >= 0.3 is 0 Å². The maximum atomic E-state index is 12.3. The summed E-state index contributed by atoms with van der Waals surface area (Å²) >= 11 is 0.937. The first-order valence-corrected chi connectivity index (χ1v) is 8.13. The molecule has 1 saturated heterocycles. The van der Waals surface area contributed by atoms with E-state index in [0.717, 1.165) is 33.1 Å². The lowest BCUT2D eigenvalue weighted by molar-refractivity contribution is -0.122. The van der Waals surface area contributed by atoms with Crippen LogP contribution in [-0.4, -0.2) is 27.2 Å². The minimum atomic E-state index is -0.320. The van der Waals surface area contributed by atoms with Gasteiger partial charge in [0, 0.05) is 28.7 Å². The lowest BCUT2D eigenvalue weighted by atomic mass is 10.1. The van der Waals surface area contributed by atoms with Crippen LogP contribution in [0.1, 0.15) is 25.5 Å². The minimum Gasteiger partial charge on any atom is -0.344 e. The zero-order valence-electron chi connectivity index (χ0n) is 12.9. The van der Waals surface area contributed by atoms with E-state index in [1.54, 1.807) is 6.08 Å². The smallest absolute Gasteiger partial charge is 0.294 e. The van der Waals surface area contributed by atoms with Crippen LogP contribution < -0.4 is 0 Å². The summed E-state index contributed by atoms with van der Waals surface area (Å²) in [6.07, 6.45) is 9.01. The second kappa shape index (κ2) is 5.98. The molecule has 0 atom stereocenters. The summed E-state index contributed by atoms with van der Waals surface area (Å²) in [6.45, 7) is 4.23. The molecule has 1 aliphatic heterocycles. The summed E-state index contributed by atoms with van der Waals surface area (Å²) in [5.74, 6) is 2.02. The number of carbonyl (C=O) groups is 2. The second-order valence-corrected chi connectivity index (χ2v) is 6.57. The van der Waals surface area contributed by atoms with E-state index in [1.165, 1.54) is 0 Å². The number of hydrogen-bond donors (Lipinski definition) is 0. The number of thioether (sulfide) groups is 1. The molecule has 2 aromatic rings. The molecule has 1 fully saturated rings. The summed E-state index contributed by atoms with van der Waals surface area (Å²) in [4.78, 5) is 25.7. The molecule has 2 heterocycles. The number of fused-ring (bicyclic) bond motifs is 1. The van der Waals surface area contributed by atoms with Gasteiger partial charge in [0.25, 0.3) is 11.1 Å². The van der Waals surface area contributed by atoms with Gasteiger partial charge < -0.3 is 4.57 Å². The maximum Gasteiger partial charge on any atom is 0.294 e. The Kier molecular flexibility index (Phi) is 4.01. The Labute approximate surface area is 139 Å². The molecule has 0 aliphatic carbocycles. The highest BCUT2D eigenvalue weighted by Crippen LogP contribution is 2.34. The molecule has 0 saturated carbocycles. The summed E-state index contributed by atoms with van der Waals surface area (Å²) in [5.41, 5.74) is 2.04. The normalized spacial score (nSPS) is 16.8. The van der Waals surface area contributed by atoms with Gasteiger partial charge in [0.15, 0.2) is 0 Å². The highest BCUT2D eigenvalue weighted by molar-refractivity contribution is 8.18. The first-order valence-electron chi connectivity index (χ1n) is 7.31. The van der Waals surface area contributed by atoms with Crippen molar-refractivity contribution in [3.05, 3.63) is 40.9 Å². The van der Waals surface area contributed by atoms with Crippen molar-refractivity contribution >= 4 is 39.9 Å². The molecule has 0 radical (unpaired) electrons. The Hall–Kier alpha value is -2.45. The van der Waals surface area contributed by atoms with E-state index < -0.39 is 0 Å². The molecule has 0 unspecified atom stereocenters. The Morgan fingerprint density at radius 2 is 2.04 bits per heavy atom. The van der Waals surface area contributed by atoms with Crippen LogP contribution in [0.2, 0.25) is 0 Å². The van der Waals surface area contributed by atoms with E-state index in [1.807, 2.05) is 24.4 Å². The van der Waals surface area contributed by atoms with Crippen LogP contribution in [0.5, 0.6) is 0 Å². The molecule has 23 heavy (non-hydrogen) atoms. The zero-order valence-corrected chi connectivity index (χ0v) is 13.8. The molecule has 1 aromatic heterocycles. The van der Waals surface area contributed by atoms with E-state index >= 15 is 0 Å². The quantitative estimate of drug-likeness (QED) is 0.635. The number of amides is 2. The van der Waals surface area contributed by atoms with Gasteiger partial charge in [-0.2, -0.15) is 0 Å². The predicted octanol–water partition coefficient (Wildman–Crippen LogP) is 3.89. The summed E-state index contributed by atoms with van der Waals surface area (Å²) in [7, 11) is 0. The van der Waals surface area contributed by atoms with Gasteiger partial charge in [0.05, 0.1) is 11.4 Å². The molecule has 2 amide bonds. The number of para-hydroxylation sites is 1. The third kappa shape index (κ3) is 2.66. The molecule has 1 aliphatic rings. The monoisotopic (exact) mass is 324 g/mol. The molecular weight excluding hydrogens is 308 g/mol. The van der Waals surface area contributed by atoms with Crippen molar-refractivity contribution < 1.29 is 9.59 Å². The van der Waals surface area contributed by atoms with Crippen LogP contribution in [0, 0.1) is 12.3 Å². The van der Waals surface area contributed by atoms with Crippen LogP contribution in [0.25, 0.3) is 17.0 Å². The number of imide groups is 1. The van der Waals surface area contributed by atoms with E-state index in [-0.39, 0.29) is 17.7 Å². The SMILES string of the molecule is C#CCN1C(=O)SC(=Cc2cn(C(C)C)c3ccccc23)C1=O. The van der Waals surface area contributed by atoms with Crippen LogP contribution in [0.3, 0.4) is 0 Å². The fraction of sp³-hybridized carbons (Fsp3) is 0.222. The third-order valence-corrected chi connectivity index (χ3v) is 4.64. The number of benzene rings is 1. The van der Waals surface area contributed by atoms with Gasteiger partial charge in [0.1, 0.15) is 0 Å². The Balaban J connectivity index is 2.07. The van der Waals surface area contributed by atoms with Crippen molar-refractivity contribution in [2.24, 2.45) is 0 Å². The highest BCUT2D eigenvalue weighted by Gasteiger charge is 2.34. The highest BCUT2D eigenvalue weighted by atomic mass is 32.2. The summed E-state index contributed by atoms with van der Waals surface area (Å²) in [5, 5.41) is 0.747. The topological polar surface area (TPSA) is 42.3 Å². The van der Waals surface area contributed by atoms with Gasteiger partial charge in [-0.1, -0.05) is 24.1 Å². The summed E-state index contributed by atoms with van der Waals surface area (Å²) < 4.78 is 2.16. The number of aromatic nitrogens is 1. The number of carbonyl (C=O) groups excluding carboxylic acids is 2. The number of hydrogen-bond acceptors (Lipinski definition) is 3. The molecule has 4 nitrogen and oxygen atoms in total. The standard InChI is InChI=1S/C18H16N2O2S/c1-4-9-19-17(21)16(23-18(19)22)10-13-11-20(12(2)3)15-8-6-5-7-14(13)15/h1,5-8,10-12H,9H2,2-3H3. The largest absolute Gasteiger partial charge is 0.344 e. The van der Waals surface area contributed by atoms with Crippen molar-refractivity contribution in [3.8, 4) is 12.3 Å². The van der Waals surface area contributed by atoms with Crippen molar-refractivity contribution in [1.29, 1.82) is 0 Å². The van der Waals surface area contributed by atoms with E-state index in [2.05, 4.69) is 30.4 Å². The lowest BCUT2D eigenvalue weighted by Gasteiger charge is -2.08. The van der Waals surface area contributed by atoms with Crippen molar-refractivity contribution in [1.82, 2.24) is 9.47 Å². The minimum absolute atomic E-state index is 0.00968. The Morgan fingerprint density at radius 3 is 2.74 bits per heavy atom. The Bertz CT molecular complexity index is 871. The Morgan fingerprint density at radius 1 is 1.30 bits per heavy atom. The predicted molar refractivity (Wildman–Crippen MR) is 93.8 cm³/mol. The average Bonchev–Trinajstić information content (AvgIpc) is 3.02. The first-order chi connectivity index (χ1) is 11.0. The van der Waals surface area contributed by atoms with Gasteiger partial charge in [-0.3, -0.25) is 14.5 Å². The fourth-order valence-electron chi connectivity index (χ4n) is 2.64. The van der Waals surface area contributed by atoms with Crippen molar-refractivity contribution in [2.45, 2.75) is 19.9 Å². The van der Waals surface area contributed by atoms with Crippen molar-refractivity contribution in [3.63, 3.8) is 0 Å². The molecule has 3 rings (SSSR count). The van der Waals surface area contributed by atoms with Gasteiger partial charge in [-0.15, -0.1) is 6.42 Å². The molecular formula is C18H16N2O2S. The molecule has 0 spiro atoms. The van der Waals surface area contributed by atoms with E-state index in [4.69, 9.17) is 6.42 Å². The molecule has 1 aromatic carbocycles. The second-order valence-electron chi connectivity index (χ2n) is 5.57. The van der Waals surface area contributed by atoms with E-state index in [9.17, 15) is 9.59 Å². The number of nitrogens with zero attached hydrogens (tertiary/aromatic N) is 2. The van der Waals surface area contributed by atoms with E-state index in [0.29, 0.717) is 10.9 Å². The lowest BCUT2D eigenvalue weighted by Crippen LogP contribution is -2.28. The maximum absolute atomic E-state index is 12.3. The van der Waals surface area contributed by atoms with Gasteiger partial charge in [0.2, 0.25) is 0 Å². The third-order valence-electron chi connectivity index (χ3n) is 3.74. The first kappa shape index (κ1) is 15.4. The molecule has 0 N–H and O–H groups in total. The number of rotatable bonds is 3. The number of terminal acetylenes is 1. The zero-order chi connectivity index (χ0) is 16.6. The summed E-state index contributed by atoms with van der Waals surface area (Å²) in [6, 6.07) is 8.33. The fourth-order valence-corrected chi connectivity index (χ4v) is 3.47. The van der Waals surface area contributed by atoms with Crippen LogP contribution in [0.4, 0.5) is 4.79 Å². The van der Waals surface area contributed by atoms with Crippen LogP contribution in [-0.2, 0) is 4.79 Å².